The van der Waals surface area contributed by atoms with Gasteiger partial charge in [0.05, 0.1) is 0 Å². The molecule has 0 saturated heterocycles. The van der Waals surface area contributed by atoms with Gasteiger partial charge in [0, 0.05) is 39.3 Å². The lowest BCUT2D eigenvalue weighted by Crippen LogP contribution is -2.34. The van der Waals surface area contributed by atoms with Crippen molar-refractivity contribution in [1.82, 2.24) is 31.9 Å². The molecule has 1 rings (SSSR count). The molecule has 258 valence electrons. The molecule has 0 aliphatic rings. The van der Waals surface area contributed by atoms with Crippen LogP contribution in [0.5, 0.6) is 0 Å². The van der Waals surface area contributed by atoms with E-state index in [9.17, 15) is 14.4 Å². The van der Waals surface area contributed by atoms with Gasteiger partial charge in [-0.1, -0.05) is 18.2 Å². The average molecular weight is 637 g/mol. The second-order valence-corrected chi connectivity index (χ2v) is 14.0. The zero-order chi connectivity index (χ0) is 33.9. The van der Waals surface area contributed by atoms with Gasteiger partial charge in [-0.3, -0.25) is 0 Å². The first kappa shape index (κ1) is 39.9. The topological polar surface area (TPSA) is 151 Å². The SMILES string of the molecule is CC(C)(C)OC(=O)NCCCNCc1cc(CNCCCNC(=O)OC(C)(C)C)cc(CNCCCNC(=O)OC(C)(C)C)c1. The van der Waals surface area contributed by atoms with Crippen molar-refractivity contribution >= 4 is 18.3 Å². The molecule has 0 atom stereocenters. The van der Waals surface area contributed by atoms with E-state index in [0.717, 1.165) is 38.9 Å². The van der Waals surface area contributed by atoms with Gasteiger partial charge in [-0.05, 0) is 118 Å². The van der Waals surface area contributed by atoms with Crippen LogP contribution in [0, 0.1) is 0 Å². The summed E-state index contributed by atoms with van der Waals surface area (Å²) in [5.74, 6) is 0. The van der Waals surface area contributed by atoms with Crippen LogP contribution < -0.4 is 31.9 Å². The van der Waals surface area contributed by atoms with Crippen molar-refractivity contribution in [1.29, 1.82) is 0 Å². The smallest absolute Gasteiger partial charge is 0.407 e. The molecule has 0 saturated carbocycles. The van der Waals surface area contributed by atoms with E-state index < -0.39 is 35.1 Å². The number of carbonyl (C=O) groups excluding carboxylic acids is 3. The van der Waals surface area contributed by atoms with Crippen molar-refractivity contribution < 1.29 is 28.6 Å². The van der Waals surface area contributed by atoms with E-state index in [1.165, 1.54) is 16.7 Å². The van der Waals surface area contributed by atoms with E-state index in [0.29, 0.717) is 39.3 Å². The number of nitrogens with one attached hydrogen (secondary N) is 6. The van der Waals surface area contributed by atoms with Crippen molar-refractivity contribution in [3.63, 3.8) is 0 Å². The first-order valence-electron chi connectivity index (χ1n) is 16.1. The van der Waals surface area contributed by atoms with Gasteiger partial charge in [0.2, 0.25) is 0 Å². The molecule has 0 fully saturated rings. The van der Waals surface area contributed by atoms with E-state index in [1.807, 2.05) is 62.3 Å². The molecular weight excluding hydrogens is 576 g/mol. The standard InChI is InChI=1S/C33H60N6O6/c1-31(2,3)43-28(40)37-16-10-13-34-22-25-19-26(23-35-14-11-17-38-29(41)44-32(4,5)6)21-27(20-25)24-36-15-12-18-39-30(42)45-33(7,8)9/h19-21,34-36H,10-18,22-24H2,1-9H3,(H,37,40)(H,38,41)(H,39,42). The highest BCUT2D eigenvalue weighted by Crippen LogP contribution is 2.12. The van der Waals surface area contributed by atoms with Crippen LogP contribution in [-0.4, -0.2) is 74.4 Å². The second-order valence-electron chi connectivity index (χ2n) is 14.0. The highest BCUT2D eigenvalue weighted by molar-refractivity contribution is 5.68. The lowest BCUT2D eigenvalue weighted by molar-refractivity contribution is 0.0515. The van der Waals surface area contributed by atoms with Gasteiger partial charge in [-0.15, -0.1) is 0 Å². The second kappa shape index (κ2) is 20.1. The maximum absolute atomic E-state index is 11.8. The third kappa shape index (κ3) is 23.9. The number of hydrogen-bond donors (Lipinski definition) is 6. The third-order valence-corrected chi connectivity index (χ3v) is 5.70. The predicted octanol–water partition coefficient (Wildman–Crippen LogP) is 4.70. The zero-order valence-corrected chi connectivity index (χ0v) is 29.2. The molecule has 0 radical (unpaired) electrons. The summed E-state index contributed by atoms with van der Waals surface area (Å²) in [5, 5.41) is 18.7. The van der Waals surface area contributed by atoms with Gasteiger partial charge in [-0.2, -0.15) is 0 Å². The van der Waals surface area contributed by atoms with E-state index >= 15 is 0 Å². The number of alkyl carbamates (subject to hydrolysis) is 3. The summed E-state index contributed by atoms with van der Waals surface area (Å²) in [6, 6.07) is 6.56. The van der Waals surface area contributed by atoms with Crippen molar-refractivity contribution in [2.45, 2.75) is 118 Å². The molecule has 0 bridgehead atoms. The Bertz CT molecular complexity index is 889. The molecule has 6 N–H and O–H groups in total. The molecule has 0 aliphatic carbocycles. The molecule has 0 aliphatic heterocycles. The highest BCUT2D eigenvalue weighted by atomic mass is 16.6. The van der Waals surface area contributed by atoms with E-state index in [2.05, 4.69) is 50.1 Å². The predicted molar refractivity (Wildman–Crippen MR) is 178 cm³/mol. The molecule has 0 unspecified atom stereocenters. The van der Waals surface area contributed by atoms with Crippen LogP contribution in [0.15, 0.2) is 18.2 Å². The monoisotopic (exact) mass is 636 g/mol. The molecule has 1 aromatic carbocycles. The van der Waals surface area contributed by atoms with Gasteiger partial charge in [-0.25, -0.2) is 14.4 Å². The zero-order valence-electron chi connectivity index (χ0n) is 29.2. The molecule has 0 spiro atoms. The Kier molecular flexibility index (Phi) is 17.9. The Labute approximate surface area is 270 Å². The molecule has 3 amide bonds. The molecule has 12 nitrogen and oxygen atoms in total. The van der Waals surface area contributed by atoms with E-state index in [4.69, 9.17) is 14.2 Å². The summed E-state index contributed by atoms with van der Waals surface area (Å²) in [6.45, 7) is 22.5. The minimum Gasteiger partial charge on any atom is -0.444 e. The van der Waals surface area contributed by atoms with E-state index in [-0.39, 0.29) is 0 Å². The summed E-state index contributed by atoms with van der Waals surface area (Å²) in [5.41, 5.74) is 1.98. The molecule has 1 aromatic rings. The number of benzene rings is 1. The number of hydrogen-bond acceptors (Lipinski definition) is 9. The fourth-order valence-electron chi connectivity index (χ4n) is 4.00. The van der Waals surface area contributed by atoms with Crippen molar-refractivity contribution in [2.24, 2.45) is 0 Å². The number of ether oxygens (including phenoxy) is 3. The summed E-state index contributed by atoms with van der Waals surface area (Å²) >= 11 is 0. The Morgan fingerprint density at radius 3 is 0.933 bits per heavy atom. The maximum atomic E-state index is 11.8. The van der Waals surface area contributed by atoms with Crippen LogP contribution in [0.25, 0.3) is 0 Å². The van der Waals surface area contributed by atoms with Crippen LogP contribution in [0.1, 0.15) is 98.3 Å². The van der Waals surface area contributed by atoms with Gasteiger partial charge in [0.25, 0.3) is 0 Å². The van der Waals surface area contributed by atoms with Crippen LogP contribution in [-0.2, 0) is 33.8 Å². The Balaban J connectivity index is 2.55. The minimum atomic E-state index is -0.511. The lowest BCUT2D eigenvalue weighted by Gasteiger charge is -2.19. The molecule has 0 heterocycles. The Hall–Kier alpha value is -3.09. The lowest BCUT2D eigenvalue weighted by atomic mass is 10.0. The van der Waals surface area contributed by atoms with Gasteiger partial charge in [0.15, 0.2) is 0 Å². The van der Waals surface area contributed by atoms with Crippen molar-refractivity contribution in [3.05, 3.63) is 34.9 Å². The summed E-state index contributed by atoms with van der Waals surface area (Å²) in [4.78, 5) is 35.5. The van der Waals surface area contributed by atoms with Gasteiger partial charge in [0.1, 0.15) is 16.8 Å². The molecule has 45 heavy (non-hydrogen) atoms. The van der Waals surface area contributed by atoms with Gasteiger partial charge < -0.3 is 46.1 Å². The first-order chi connectivity index (χ1) is 20.9. The normalized spacial score (nSPS) is 11.9. The van der Waals surface area contributed by atoms with Crippen molar-refractivity contribution in [2.75, 3.05) is 39.3 Å². The van der Waals surface area contributed by atoms with Crippen LogP contribution in [0.3, 0.4) is 0 Å². The average Bonchev–Trinajstić information content (AvgIpc) is 2.87. The quantitative estimate of drug-likeness (QED) is 0.0995. The number of rotatable bonds is 18. The van der Waals surface area contributed by atoms with Crippen LogP contribution in [0.2, 0.25) is 0 Å². The van der Waals surface area contributed by atoms with Crippen molar-refractivity contribution in [3.8, 4) is 0 Å². The molecular formula is C33H60N6O6. The minimum absolute atomic E-state index is 0.402. The highest BCUT2D eigenvalue weighted by Gasteiger charge is 2.17. The Morgan fingerprint density at radius 1 is 0.467 bits per heavy atom. The molecule has 12 heteroatoms. The first-order valence-corrected chi connectivity index (χ1v) is 16.1. The largest absolute Gasteiger partial charge is 0.444 e. The number of carbonyl (C=O) groups is 3. The fourth-order valence-corrected chi connectivity index (χ4v) is 4.00. The summed E-state index contributed by atoms with van der Waals surface area (Å²) < 4.78 is 15.8. The van der Waals surface area contributed by atoms with Crippen LogP contribution >= 0.6 is 0 Å². The summed E-state index contributed by atoms with van der Waals surface area (Å²) in [7, 11) is 0. The molecule has 0 aromatic heterocycles. The summed E-state index contributed by atoms with van der Waals surface area (Å²) in [6.07, 6.45) is 1.14. The fraction of sp³-hybridized carbons (Fsp3) is 0.727. The van der Waals surface area contributed by atoms with E-state index in [1.54, 1.807) is 0 Å². The maximum Gasteiger partial charge on any atom is 0.407 e. The third-order valence-electron chi connectivity index (χ3n) is 5.70. The Morgan fingerprint density at radius 2 is 0.711 bits per heavy atom. The number of amides is 3. The van der Waals surface area contributed by atoms with Gasteiger partial charge >= 0.3 is 18.3 Å². The van der Waals surface area contributed by atoms with Crippen LogP contribution in [0.4, 0.5) is 14.4 Å².